The molecule has 8 nitrogen and oxygen atoms in total. The van der Waals surface area contributed by atoms with Gasteiger partial charge in [-0.1, -0.05) is 0 Å². The molecule has 23 heavy (non-hydrogen) atoms. The number of H-pyrrole nitrogens is 1. The lowest BCUT2D eigenvalue weighted by Gasteiger charge is -2.16. The van der Waals surface area contributed by atoms with Crippen molar-refractivity contribution in [2.45, 2.75) is 44.6 Å². The number of carboxylic acid groups (broad SMARTS) is 1. The molecule has 0 spiro atoms. The van der Waals surface area contributed by atoms with Crippen molar-refractivity contribution in [3.05, 3.63) is 32.6 Å². The summed E-state index contributed by atoms with van der Waals surface area (Å²) in [5.74, 6) is 0.367. The van der Waals surface area contributed by atoms with Crippen LogP contribution >= 0.6 is 11.8 Å². The minimum absolute atomic E-state index is 0.121. The van der Waals surface area contributed by atoms with Gasteiger partial charge < -0.3 is 14.9 Å². The molecule has 0 radical (unpaired) electrons. The second-order valence-corrected chi connectivity index (χ2v) is 6.63. The van der Waals surface area contributed by atoms with Crippen LogP contribution in [0.3, 0.4) is 0 Å². The van der Waals surface area contributed by atoms with Gasteiger partial charge in [-0.05, 0) is 19.1 Å². The van der Waals surface area contributed by atoms with E-state index in [-0.39, 0.29) is 12.8 Å². The van der Waals surface area contributed by atoms with E-state index in [1.165, 1.54) is 22.5 Å². The van der Waals surface area contributed by atoms with Gasteiger partial charge in [0.25, 0.3) is 5.56 Å². The van der Waals surface area contributed by atoms with Crippen molar-refractivity contribution in [1.29, 1.82) is 0 Å². The van der Waals surface area contributed by atoms with Gasteiger partial charge in [0, 0.05) is 30.4 Å². The lowest BCUT2D eigenvalue weighted by Crippen LogP contribution is -2.33. The van der Waals surface area contributed by atoms with Crippen molar-refractivity contribution in [3.8, 4) is 0 Å². The van der Waals surface area contributed by atoms with E-state index in [9.17, 15) is 19.5 Å². The highest BCUT2D eigenvalue weighted by molar-refractivity contribution is 7.99. The van der Waals surface area contributed by atoms with Gasteiger partial charge in [-0.25, -0.2) is 4.79 Å². The van der Waals surface area contributed by atoms with Crippen LogP contribution in [0.5, 0.6) is 0 Å². The van der Waals surface area contributed by atoms with Gasteiger partial charge in [0.05, 0.1) is 12.2 Å². The number of nitrogens with one attached hydrogen (secondary N) is 1. The Morgan fingerprint density at radius 2 is 2.26 bits per heavy atom. The Morgan fingerprint density at radius 3 is 2.96 bits per heavy atom. The van der Waals surface area contributed by atoms with Crippen LogP contribution in [-0.2, 0) is 9.53 Å². The fraction of sp³-hybridized carbons (Fsp3) is 0.643. The molecule has 0 amide bonds. The number of aliphatic hydroxyl groups excluding tert-OH is 1. The van der Waals surface area contributed by atoms with Gasteiger partial charge in [0.15, 0.2) is 0 Å². The first-order valence-electron chi connectivity index (χ1n) is 7.33. The zero-order valence-corrected chi connectivity index (χ0v) is 13.5. The summed E-state index contributed by atoms with van der Waals surface area (Å²) in [7, 11) is 0. The first-order chi connectivity index (χ1) is 10.9. The summed E-state index contributed by atoms with van der Waals surface area (Å²) < 4.78 is 7.00. The van der Waals surface area contributed by atoms with Gasteiger partial charge in [-0.15, -0.1) is 0 Å². The molecule has 0 bridgehead atoms. The Bertz CT molecular complexity index is 670. The Morgan fingerprint density at radius 1 is 1.52 bits per heavy atom. The zero-order chi connectivity index (χ0) is 17.0. The van der Waals surface area contributed by atoms with Crippen LogP contribution in [0.25, 0.3) is 0 Å². The first-order valence-corrected chi connectivity index (χ1v) is 8.49. The molecule has 0 aromatic carbocycles. The molecule has 3 N–H and O–H groups in total. The molecule has 1 aromatic rings. The van der Waals surface area contributed by atoms with Crippen molar-refractivity contribution in [1.82, 2.24) is 9.55 Å². The number of aromatic nitrogens is 2. The molecule has 128 valence electrons. The molecule has 9 heteroatoms. The lowest BCUT2D eigenvalue weighted by molar-refractivity contribution is -0.137. The number of rotatable bonds is 7. The molecule has 1 aromatic heterocycles. The van der Waals surface area contributed by atoms with Crippen molar-refractivity contribution in [3.63, 3.8) is 0 Å². The molecular weight excluding hydrogens is 324 g/mol. The van der Waals surface area contributed by atoms with E-state index in [4.69, 9.17) is 9.84 Å². The zero-order valence-electron chi connectivity index (χ0n) is 12.7. The average molecular weight is 344 g/mol. The fourth-order valence-corrected chi connectivity index (χ4v) is 3.41. The number of hydrogen-bond acceptors (Lipinski definition) is 6. The van der Waals surface area contributed by atoms with Crippen LogP contribution < -0.4 is 11.2 Å². The molecule has 1 fully saturated rings. The number of carbonyl (C=O) groups is 1. The van der Waals surface area contributed by atoms with Crippen LogP contribution in [0, 0.1) is 6.92 Å². The topological polar surface area (TPSA) is 122 Å². The second kappa shape index (κ2) is 7.80. The minimum Gasteiger partial charge on any atom is -0.481 e. The monoisotopic (exact) mass is 344 g/mol. The van der Waals surface area contributed by atoms with E-state index >= 15 is 0 Å². The van der Waals surface area contributed by atoms with Gasteiger partial charge in [-0.3, -0.25) is 19.1 Å². The Hall–Kier alpha value is -1.58. The van der Waals surface area contributed by atoms with Crippen molar-refractivity contribution in [2.75, 3.05) is 11.5 Å². The number of aliphatic hydroxyl groups is 1. The largest absolute Gasteiger partial charge is 0.481 e. The van der Waals surface area contributed by atoms with Crippen LogP contribution in [0.1, 0.15) is 31.1 Å². The van der Waals surface area contributed by atoms with Gasteiger partial charge in [0.1, 0.15) is 6.23 Å². The number of aryl methyl sites for hydroxylation is 1. The number of carboxylic acids is 1. The number of aliphatic carboxylic acids is 1. The second-order valence-electron chi connectivity index (χ2n) is 5.48. The predicted molar refractivity (Wildman–Crippen MR) is 84.8 cm³/mol. The maximum Gasteiger partial charge on any atom is 0.330 e. The molecular formula is C14H20N2O6S. The lowest BCUT2D eigenvalue weighted by atomic mass is 10.2. The Balaban J connectivity index is 1.91. The molecule has 3 atom stereocenters. The number of aromatic amines is 1. The number of thioether (sulfide) groups is 1. The summed E-state index contributed by atoms with van der Waals surface area (Å²) in [4.78, 5) is 35.9. The van der Waals surface area contributed by atoms with E-state index in [0.29, 0.717) is 23.5 Å². The molecule has 1 aliphatic rings. The summed E-state index contributed by atoms with van der Waals surface area (Å²) in [6.45, 7) is 1.59. The molecule has 2 rings (SSSR count). The van der Waals surface area contributed by atoms with Crippen LogP contribution in [-0.4, -0.2) is 49.4 Å². The third kappa shape index (κ3) is 4.69. The third-order valence-corrected chi connectivity index (χ3v) is 4.76. The minimum atomic E-state index is -0.823. The van der Waals surface area contributed by atoms with E-state index in [0.717, 1.165) is 0 Å². The van der Waals surface area contributed by atoms with Crippen molar-refractivity contribution >= 4 is 17.7 Å². The number of nitrogens with zero attached hydrogens (tertiary/aromatic N) is 1. The Kier molecular flexibility index (Phi) is 6.03. The van der Waals surface area contributed by atoms with Crippen LogP contribution in [0.2, 0.25) is 0 Å². The predicted octanol–water partition coefficient (Wildman–Crippen LogP) is 0.0914. The van der Waals surface area contributed by atoms with Crippen LogP contribution in [0.4, 0.5) is 0 Å². The van der Waals surface area contributed by atoms with Crippen molar-refractivity contribution < 1.29 is 19.7 Å². The molecule has 1 saturated heterocycles. The SMILES string of the molecule is Cc1cn([C@H]2C[C@H](O)[C@@H](CSCCCC(=O)O)O2)c(=O)[nH]c1=O. The summed E-state index contributed by atoms with van der Waals surface area (Å²) in [5, 5.41) is 18.6. The standard InChI is InChI=1S/C14H20N2O6S/c1-8-6-16(14(21)15-13(8)20)11-5-9(17)10(22-11)7-23-4-2-3-12(18)19/h6,9-11,17H,2-5,7H2,1H3,(H,18,19)(H,15,20,21)/t9-,10+,11+/m0/s1. The number of ether oxygens (including phenoxy) is 1. The van der Waals surface area contributed by atoms with Gasteiger partial charge >= 0.3 is 11.7 Å². The highest BCUT2D eigenvalue weighted by Gasteiger charge is 2.35. The van der Waals surface area contributed by atoms with Gasteiger partial charge in [-0.2, -0.15) is 11.8 Å². The normalized spacial score (nSPS) is 24.0. The first kappa shape index (κ1) is 17.8. The molecule has 0 aliphatic carbocycles. The molecule has 0 saturated carbocycles. The smallest absolute Gasteiger partial charge is 0.330 e. The average Bonchev–Trinajstić information content (AvgIpc) is 2.83. The summed E-state index contributed by atoms with van der Waals surface area (Å²) in [6.07, 6.45) is 0.644. The molecule has 0 unspecified atom stereocenters. The quantitative estimate of drug-likeness (QED) is 0.599. The fourth-order valence-electron chi connectivity index (χ4n) is 2.36. The Labute approximate surface area is 136 Å². The highest BCUT2D eigenvalue weighted by atomic mass is 32.2. The third-order valence-electron chi connectivity index (χ3n) is 3.62. The molecule has 2 heterocycles. The van der Waals surface area contributed by atoms with E-state index < -0.39 is 35.7 Å². The maximum atomic E-state index is 11.8. The highest BCUT2D eigenvalue weighted by Crippen LogP contribution is 2.29. The van der Waals surface area contributed by atoms with E-state index in [2.05, 4.69) is 4.98 Å². The summed E-state index contributed by atoms with van der Waals surface area (Å²) in [5.41, 5.74) is -0.600. The van der Waals surface area contributed by atoms with E-state index in [1.807, 2.05) is 0 Å². The maximum absolute atomic E-state index is 11.8. The van der Waals surface area contributed by atoms with Crippen LogP contribution in [0.15, 0.2) is 15.8 Å². The molecule has 1 aliphatic heterocycles. The van der Waals surface area contributed by atoms with E-state index in [1.54, 1.807) is 6.92 Å². The van der Waals surface area contributed by atoms with Crippen molar-refractivity contribution in [2.24, 2.45) is 0 Å². The summed E-state index contributed by atoms with van der Waals surface area (Å²) >= 11 is 1.51. The number of hydrogen-bond donors (Lipinski definition) is 3. The van der Waals surface area contributed by atoms with Gasteiger partial charge in [0.2, 0.25) is 0 Å². The summed E-state index contributed by atoms with van der Waals surface area (Å²) in [6, 6.07) is 0.